The molecule has 96 valence electrons. The molecule has 0 heterocycles. The summed E-state index contributed by atoms with van der Waals surface area (Å²) in [5, 5.41) is 0. The second-order valence-corrected chi connectivity index (χ2v) is 3.49. The Labute approximate surface area is 104 Å². The molecule has 0 N–H and O–H groups in total. The standard InChI is InChI=1S/C10H19F3.ClH.H2S/c1-2-3-4-5-6-7-8-9-10(11,12)13;;/h2-9H2,1H3;1H;1H2. The van der Waals surface area contributed by atoms with Crippen molar-refractivity contribution in [3.63, 3.8) is 0 Å². The zero-order chi connectivity index (χ0) is 10.2. The highest BCUT2D eigenvalue weighted by atomic mass is 35.5. The van der Waals surface area contributed by atoms with Crippen molar-refractivity contribution in [1.29, 1.82) is 0 Å². The zero-order valence-corrected chi connectivity index (χ0v) is 11.2. The van der Waals surface area contributed by atoms with Crippen molar-refractivity contribution in [2.75, 3.05) is 0 Å². The largest absolute Gasteiger partial charge is 1.00 e. The van der Waals surface area contributed by atoms with E-state index in [1.54, 1.807) is 0 Å². The Morgan fingerprint density at radius 2 is 1.20 bits per heavy atom. The van der Waals surface area contributed by atoms with Crippen LogP contribution in [0.2, 0.25) is 0 Å². The molecule has 0 rings (SSSR count). The first-order valence-corrected chi connectivity index (χ1v) is 5.13. The minimum absolute atomic E-state index is 0. The second-order valence-electron chi connectivity index (χ2n) is 3.49. The maximum Gasteiger partial charge on any atom is 0.389 e. The molecule has 0 aliphatic rings. The summed E-state index contributed by atoms with van der Waals surface area (Å²) < 4.78 is 35.1. The Morgan fingerprint density at radius 1 is 0.800 bits per heavy atom. The molecule has 0 aliphatic carbocycles. The topological polar surface area (TPSA) is 0 Å². The highest BCUT2D eigenvalue weighted by Crippen LogP contribution is 2.23. The molecule has 0 aromatic rings. The van der Waals surface area contributed by atoms with Crippen LogP contribution in [0.1, 0.15) is 58.3 Å². The summed E-state index contributed by atoms with van der Waals surface area (Å²) in [6.45, 7) is 2.13. The Morgan fingerprint density at radius 3 is 1.60 bits per heavy atom. The van der Waals surface area contributed by atoms with Gasteiger partial charge in [0.15, 0.2) is 0 Å². The van der Waals surface area contributed by atoms with Gasteiger partial charge < -0.3 is 12.4 Å². The molecule has 0 aromatic heterocycles. The Balaban J connectivity index is -0.000000720. The fourth-order valence-electron chi connectivity index (χ4n) is 1.28. The van der Waals surface area contributed by atoms with Crippen molar-refractivity contribution in [1.82, 2.24) is 0 Å². The van der Waals surface area contributed by atoms with Crippen LogP contribution in [0.15, 0.2) is 0 Å². The van der Waals surface area contributed by atoms with Crippen LogP contribution < -0.4 is 12.4 Å². The van der Waals surface area contributed by atoms with Crippen molar-refractivity contribution in [2.45, 2.75) is 64.5 Å². The molecule has 0 fully saturated rings. The van der Waals surface area contributed by atoms with Gasteiger partial charge >= 0.3 is 6.18 Å². The van der Waals surface area contributed by atoms with Gasteiger partial charge in [0.2, 0.25) is 0 Å². The van der Waals surface area contributed by atoms with Crippen LogP contribution in [0.3, 0.4) is 0 Å². The van der Waals surface area contributed by atoms with E-state index in [0.717, 1.165) is 19.3 Å². The number of hydrogen-bond donors (Lipinski definition) is 0. The SMILES string of the molecule is CCCCCCCCCC(F)(F)F.[Cl-].[SH3+]. The fourth-order valence-corrected chi connectivity index (χ4v) is 1.28. The number of halogens is 4. The summed E-state index contributed by atoms with van der Waals surface area (Å²) in [5.41, 5.74) is 0. The number of unbranched alkanes of at least 4 members (excludes halogenated alkanes) is 6. The molecule has 0 spiro atoms. The molecule has 5 heteroatoms. The van der Waals surface area contributed by atoms with E-state index < -0.39 is 12.6 Å². The first-order valence-electron chi connectivity index (χ1n) is 5.13. The average molecular weight is 267 g/mol. The fraction of sp³-hybridized carbons (Fsp3) is 1.00. The maximum atomic E-state index is 11.7. The normalized spacial score (nSPS) is 10.4. The van der Waals surface area contributed by atoms with Gasteiger partial charge in [-0.15, -0.1) is 0 Å². The smallest absolute Gasteiger partial charge is 0.389 e. The number of rotatable bonds is 7. The molecule has 0 saturated carbocycles. The quantitative estimate of drug-likeness (QED) is 0.474. The molecular formula is C10H22ClF3S. The summed E-state index contributed by atoms with van der Waals surface area (Å²) in [5.74, 6) is 0. The van der Waals surface area contributed by atoms with Crippen LogP contribution >= 0.6 is 0 Å². The predicted octanol–water partition coefficient (Wildman–Crippen LogP) is 0.888. The molecule has 0 radical (unpaired) electrons. The van der Waals surface area contributed by atoms with E-state index in [2.05, 4.69) is 6.92 Å². The molecular weight excluding hydrogens is 245 g/mol. The third-order valence-electron chi connectivity index (χ3n) is 2.06. The van der Waals surface area contributed by atoms with Gasteiger partial charge in [-0.1, -0.05) is 58.9 Å². The van der Waals surface area contributed by atoms with Gasteiger partial charge in [-0.25, -0.2) is 0 Å². The van der Waals surface area contributed by atoms with Gasteiger partial charge in [0.25, 0.3) is 0 Å². The Kier molecular flexibility index (Phi) is 17.3. The molecule has 0 aliphatic heterocycles. The van der Waals surface area contributed by atoms with E-state index in [4.69, 9.17) is 0 Å². The summed E-state index contributed by atoms with van der Waals surface area (Å²) in [6, 6.07) is 0. The molecule has 0 aromatic carbocycles. The first-order chi connectivity index (χ1) is 6.06. The van der Waals surface area contributed by atoms with Crippen LogP contribution in [0, 0.1) is 0 Å². The molecule has 0 bridgehead atoms. The lowest BCUT2D eigenvalue weighted by molar-refractivity contribution is -0.135. The summed E-state index contributed by atoms with van der Waals surface area (Å²) in [4.78, 5) is 0. The van der Waals surface area contributed by atoms with Gasteiger partial charge in [-0.2, -0.15) is 13.2 Å². The lowest BCUT2D eigenvalue weighted by Gasteiger charge is -2.05. The lowest BCUT2D eigenvalue weighted by Crippen LogP contribution is -3.00. The Bertz CT molecular complexity index is 118. The highest BCUT2D eigenvalue weighted by molar-refractivity contribution is 7.37. The number of hydrogen-bond acceptors (Lipinski definition) is 0. The van der Waals surface area contributed by atoms with Crippen LogP contribution in [0.5, 0.6) is 0 Å². The molecule has 0 saturated heterocycles. The van der Waals surface area contributed by atoms with Crippen LogP contribution in [-0.2, 0) is 13.5 Å². The minimum atomic E-state index is -3.95. The van der Waals surface area contributed by atoms with E-state index in [0.29, 0.717) is 6.42 Å². The van der Waals surface area contributed by atoms with E-state index in [1.807, 2.05) is 0 Å². The lowest BCUT2D eigenvalue weighted by atomic mass is 10.1. The highest BCUT2D eigenvalue weighted by Gasteiger charge is 2.25. The maximum absolute atomic E-state index is 11.7. The monoisotopic (exact) mass is 266 g/mol. The average Bonchev–Trinajstić information content (AvgIpc) is 2.01. The van der Waals surface area contributed by atoms with E-state index in [9.17, 15) is 13.2 Å². The molecule has 0 unspecified atom stereocenters. The van der Waals surface area contributed by atoms with Crippen molar-refractivity contribution in [3.05, 3.63) is 0 Å². The van der Waals surface area contributed by atoms with Gasteiger partial charge in [0.1, 0.15) is 0 Å². The van der Waals surface area contributed by atoms with Crippen LogP contribution in [-0.4, -0.2) is 6.18 Å². The minimum Gasteiger partial charge on any atom is -1.00 e. The van der Waals surface area contributed by atoms with Crippen LogP contribution in [0.4, 0.5) is 13.2 Å². The zero-order valence-electron chi connectivity index (χ0n) is 9.25. The van der Waals surface area contributed by atoms with Crippen molar-refractivity contribution >= 4 is 13.5 Å². The van der Waals surface area contributed by atoms with Crippen LogP contribution in [0.25, 0.3) is 0 Å². The molecule has 0 amide bonds. The van der Waals surface area contributed by atoms with Crippen molar-refractivity contribution < 1.29 is 25.6 Å². The third kappa shape index (κ3) is 20.5. The van der Waals surface area contributed by atoms with E-state index >= 15 is 0 Å². The molecule has 15 heavy (non-hydrogen) atoms. The third-order valence-corrected chi connectivity index (χ3v) is 2.06. The summed E-state index contributed by atoms with van der Waals surface area (Å²) in [7, 11) is 0. The summed E-state index contributed by atoms with van der Waals surface area (Å²) >= 11 is 0. The second kappa shape index (κ2) is 12.5. The van der Waals surface area contributed by atoms with Gasteiger partial charge in [-0.05, 0) is 6.42 Å². The van der Waals surface area contributed by atoms with E-state index in [1.165, 1.54) is 19.3 Å². The predicted molar refractivity (Wildman–Crippen MR) is 60.2 cm³/mol. The van der Waals surface area contributed by atoms with Gasteiger partial charge in [-0.3, -0.25) is 0 Å². The summed E-state index contributed by atoms with van der Waals surface area (Å²) in [6.07, 6.45) is 2.06. The van der Waals surface area contributed by atoms with Crippen molar-refractivity contribution in [3.8, 4) is 0 Å². The first kappa shape index (κ1) is 20.8. The molecule has 0 atom stereocenters. The molecule has 0 nitrogen and oxygen atoms in total. The Hall–Kier alpha value is 0.430. The van der Waals surface area contributed by atoms with E-state index in [-0.39, 0.29) is 25.9 Å². The van der Waals surface area contributed by atoms with Gasteiger partial charge in [0.05, 0.1) is 0 Å². The van der Waals surface area contributed by atoms with Gasteiger partial charge in [0, 0.05) is 6.42 Å². The van der Waals surface area contributed by atoms with Crippen molar-refractivity contribution in [2.24, 2.45) is 0 Å². The number of alkyl halides is 3.